The Morgan fingerprint density at radius 3 is 2.38 bits per heavy atom. The number of amides is 2. The van der Waals surface area contributed by atoms with E-state index in [9.17, 15) is 9.59 Å². The first-order chi connectivity index (χ1) is 11.6. The maximum Gasteiger partial charge on any atom is 0.330 e. The molecule has 2 amide bonds. The Bertz CT molecular complexity index is 537. The summed E-state index contributed by atoms with van der Waals surface area (Å²) in [6.45, 7) is 9.70. The fourth-order valence-electron chi connectivity index (χ4n) is 2.07. The number of esters is 1. The molecule has 1 rings (SSSR count). The summed E-state index contributed by atoms with van der Waals surface area (Å²) >= 11 is 0. The number of likely N-dealkylation sites (N-methyl/N-ethyl adjacent to an activating group) is 1. The van der Waals surface area contributed by atoms with Gasteiger partial charge >= 0.3 is 12.0 Å². The van der Waals surface area contributed by atoms with E-state index in [-0.39, 0.29) is 12.0 Å². The number of nitrogens with zero attached hydrogens (tertiary/aromatic N) is 1. The third kappa shape index (κ3) is 7.78. The minimum absolute atomic E-state index is 0.225. The van der Waals surface area contributed by atoms with Gasteiger partial charge < -0.3 is 20.3 Å². The van der Waals surface area contributed by atoms with Crippen molar-refractivity contribution in [3.05, 3.63) is 35.9 Å². The Morgan fingerprint density at radius 2 is 1.79 bits per heavy atom. The van der Waals surface area contributed by atoms with E-state index in [2.05, 4.69) is 29.4 Å². The fraction of sp³-hybridized carbons (Fsp3) is 0.444. The van der Waals surface area contributed by atoms with Gasteiger partial charge in [-0.3, -0.25) is 0 Å². The first-order valence-corrected chi connectivity index (χ1v) is 8.31. The van der Waals surface area contributed by atoms with Crippen LogP contribution in [0.4, 0.5) is 10.5 Å². The van der Waals surface area contributed by atoms with Crippen LogP contribution in [0.3, 0.4) is 0 Å². The topological polar surface area (TPSA) is 70.7 Å². The number of benzene rings is 1. The Hall–Kier alpha value is -2.34. The maximum atomic E-state index is 11.8. The second-order valence-corrected chi connectivity index (χ2v) is 5.12. The molecular formula is C18H27N3O3. The van der Waals surface area contributed by atoms with Crippen LogP contribution in [-0.4, -0.2) is 49.7 Å². The zero-order valence-corrected chi connectivity index (χ0v) is 14.7. The number of carbonyl (C=O) groups is 2. The van der Waals surface area contributed by atoms with E-state index in [4.69, 9.17) is 4.74 Å². The highest BCUT2D eigenvalue weighted by Crippen LogP contribution is 2.10. The van der Waals surface area contributed by atoms with E-state index in [0.717, 1.165) is 25.2 Å². The highest BCUT2D eigenvalue weighted by atomic mass is 16.5. The van der Waals surface area contributed by atoms with Gasteiger partial charge in [-0.2, -0.15) is 0 Å². The summed E-state index contributed by atoms with van der Waals surface area (Å²) in [5, 5.41) is 5.61. The zero-order chi connectivity index (χ0) is 17.8. The van der Waals surface area contributed by atoms with E-state index in [0.29, 0.717) is 18.8 Å². The molecule has 24 heavy (non-hydrogen) atoms. The SMILES string of the molecule is CCOC(=O)C=Cc1ccc(NC(=O)NCCN(CC)CC)cc1. The molecule has 6 nitrogen and oxygen atoms in total. The predicted molar refractivity (Wildman–Crippen MR) is 96.9 cm³/mol. The molecule has 0 atom stereocenters. The normalized spacial score (nSPS) is 10.8. The lowest BCUT2D eigenvalue weighted by Gasteiger charge is -2.18. The molecule has 2 N–H and O–H groups in total. The molecule has 6 heteroatoms. The molecule has 0 spiro atoms. The van der Waals surface area contributed by atoms with Crippen molar-refractivity contribution < 1.29 is 14.3 Å². The van der Waals surface area contributed by atoms with Crippen molar-refractivity contribution in [2.75, 3.05) is 38.1 Å². The molecular weight excluding hydrogens is 306 g/mol. The Balaban J connectivity index is 2.40. The molecule has 0 aliphatic rings. The third-order valence-corrected chi connectivity index (χ3v) is 3.48. The molecule has 132 valence electrons. The summed E-state index contributed by atoms with van der Waals surface area (Å²) in [5.41, 5.74) is 1.55. The zero-order valence-electron chi connectivity index (χ0n) is 14.7. The minimum atomic E-state index is -0.368. The van der Waals surface area contributed by atoms with Gasteiger partial charge in [0.15, 0.2) is 0 Å². The van der Waals surface area contributed by atoms with Crippen LogP contribution >= 0.6 is 0 Å². The van der Waals surface area contributed by atoms with Crippen molar-refractivity contribution in [3.8, 4) is 0 Å². The molecule has 0 fully saturated rings. The largest absolute Gasteiger partial charge is 0.463 e. The van der Waals surface area contributed by atoms with E-state index in [1.54, 1.807) is 25.1 Å². The number of anilines is 1. The first-order valence-electron chi connectivity index (χ1n) is 8.31. The van der Waals surface area contributed by atoms with Crippen molar-refractivity contribution in [3.63, 3.8) is 0 Å². The molecule has 0 saturated carbocycles. The number of ether oxygens (including phenoxy) is 1. The van der Waals surface area contributed by atoms with Crippen molar-refractivity contribution in [2.45, 2.75) is 20.8 Å². The maximum absolute atomic E-state index is 11.8. The summed E-state index contributed by atoms with van der Waals surface area (Å²) in [5.74, 6) is -0.368. The number of hydrogen-bond acceptors (Lipinski definition) is 4. The van der Waals surface area contributed by atoms with Gasteiger partial charge in [-0.25, -0.2) is 9.59 Å². The van der Waals surface area contributed by atoms with E-state index < -0.39 is 0 Å². The first kappa shape index (κ1) is 19.7. The lowest BCUT2D eigenvalue weighted by atomic mass is 10.2. The summed E-state index contributed by atoms with van der Waals surface area (Å²) in [6, 6.07) is 6.99. The molecule has 0 heterocycles. The van der Waals surface area contributed by atoms with Crippen LogP contribution < -0.4 is 10.6 Å². The number of nitrogens with one attached hydrogen (secondary N) is 2. The van der Waals surface area contributed by atoms with Crippen LogP contribution in [0.2, 0.25) is 0 Å². The molecule has 0 saturated heterocycles. The van der Waals surface area contributed by atoms with Crippen LogP contribution in [0.1, 0.15) is 26.3 Å². The highest BCUT2D eigenvalue weighted by molar-refractivity contribution is 5.90. The third-order valence-electron chi connectivity index (χ3n) is 3.48. The van der Waals surface area contributed by atoms with E-state index >= 15 is 0 Å². The van der Waals surface area contributed by atoms with Crippen LogP contribution in [0.25, 0.3) is 6.08 Å². The number of carbonyl (C=O) groups excluding carboxylic acids is 2. The van der Waals surface area contributed by atoms with Gasteiger partial charge in [0, 0.05) is 24.9 Å². The molecule has 0 aliphatic heterocycles. The minimum Gasteiger partial charge on any atom is -0.463 e. The number of rotatable bonds is 9. The lowest BCUT2D eigenvalue weighted by molar-refractivity contribution is -0.137. The van der Waals surface area contributed by atoms with Crippen molar-refractivity contribution in [2.24, 2.45) is 0 Å². The smallest absolute Gasteiger partial charge is 0.330 e. The van der Waals surface area contributed by atoms with E-state index in [1.807, 2.05) is 12.1 Å². The Labute approximate surface area is 143 Å². The number of hydrogen-bond donors (Lipinski definition) is 2. The van der Waals surface area contributed by atoms with Gasteiger partial charge in [0.2, 0.25) is 0 Å². The van der Waals surface area contributed by atoms with Gasteiger partial charge in [0.05, 0.1) is 6.61 Å². The van der Waals surface area contributed by atoms with Crippen molar-refractivity contribution >= 4 is 23.8 Å². The van der Waals surface area contributed by atoms with Crippen molar-refractivity contribution in [1.82, 2.24) is 10.2 Å². The van der Waals surface area contributed by atoms with Gasteiger partial charge in [0.25, 0.3) is 0 Å². The van der Waals surface area contributed by atoms with Crippen LogP contribution in [0.15, 0.2) is 30.3 Å². The summed E-state index contributed by atoms with van der Waals surface area (Å²) in [4.78, 5) is 25.3. The number of urea groups is 1. The van der Waals surface area contributed by atoms with Gasteiger partial charge in [-0.15, -0.1) is 0 Å². The predicted octanol–water partition coefficient (Wildman–Crippen LogP) is 2.73. The second kappa shape index (κ2) is 11.2. The molecule has 0 radical (unpaired) electrons. The molecule has 1 aromatic carbocycles. The Kier molecular flexibility index (Phi) is 9.23. The van der Waals surface area contributed by atoms with E-state index in [1.165, 1.54) is 6.08 Å². The standard InChI is InChI=1S/C18H27N3O3/c1-4-21(5-2)14-13-19-18(23)20-16-10-7-15(8-11-16)9-12-17(22)24-6-3/h7-12H,4-6,13-14H2,1-3H3,(H2,19,20,23). The van der Waals surface area contributed by atoms with Gasteiger partial charge in [-0.1, -0.05) is 26.0 Å². The monoisotopic (exact) mass is 333 g/mol. The highest BCUT2D eigenvalue weighted by Gasteiger charge is 2.03. The average Bonchev–Trinajstić information content (AvgIpc) is 2.58. The quantitative estimate of drug-likeness (QED) is 0.538. The van der Waals surface area contributed by atoms with Gasteiger partial charge in [0.1, 0.15) is 0 Å². The molecule has 0 unspecified atom stereocenters. The molecule has 1 aromatic rings. The van der Waals surface area contributed by atoms with Crippen LogP contribution in [0, 0.1) is 0 Å². The fourth-order valence-corrected chi connectivity index (χ4v) is 2.07. The molecule has 0 aliphatic carbocycles. The van der Waals surface area contributed by atoms with Gasteiger partial charge in [-0.05, 0) is 43.8 Å². The van der Waals surface area contributed by atoms with Crippen LogP contribution in [0.5, 0.6) is 0 Å². The molecule has 0 aromatic heterocycles. The second-order valence-electron chi connectivity index (χ2n) is 5.12. The van der Waals surface area contributed by atoms with Crippen molar-refractivity contribution in [1.29, 1.82) is 0 Å². The summed E-state index contributed by atoms with van der Waals surface area (Å²) in [7, 11) is 0. The molecule has 0 bridgehead atoms. The average molecular weight is 333 g/mol. The van der Waals surface area contributed by atoms with Crippen LogP contribution in [-0.2, 0) is 9.53 Å². The Morgan fingerprint density at radius 1 is 1.12 bits per heavy atom. The summed E-state index contributed by atoms with van der Waals surface area (Å²) in [6.07, 6.45) is 3.05. The lowest BCUT2D eigenvalue weighted by Crippen LogP contribution is -2.36. The summed E-state index contributed by atoms with van der Waals surface area (Å²) < 4.78 is 4.82.